The van der Waals surface area contributed by atoms with Crippen molar-refractivity contribution < 1.29 is 9.63 Å². The van der Waals surface area contributed by atoms with E-state index >= 15 is 0 Å². The molecule has 3 rings (SSSR count). The summed E-state index contributed by atoms with van der Waals surface area (Å²) in [4.78, 5) is 4.49. The predicted molar refractivity (Wildman–Crippen MR) is 80.1 cm³/mol. The fourth-order valence-electron chi connectivity index (χ4n) is 3.07. The van der Waals surface area contributed by atoms with Gasteiger partial charge in [-0.2, -0.15) is 4.98 Å². The van der Waals surface area contributed by atoms with Gasteiger partial charge in [0.15, 0.2) is 5.82 Å². The summed E-state index contributed by atoms with van der Waals surface area (Å²) in [5.41, 5.74) is 2.84. The summed E-state index contributed by atoms with van der Waals surface area (Å²) in [5.74, 6) is 1.69. The lowest BCUT2D eigenvalue weighted by Gasteiger charge is -2.21. The Morgan fingerprint density at radius 3 is 2.95 bits per heavy atom. The second kappa shape index (κ2) is 6.39. The SMILES string of the molecule is CCCC(O)Cc1nc(C2CCc3ccccc3C2)no1. The van der Waals surface area contributed by atoms with E-state index < -0.39 is 0 Å². The smallest absolute Gasteiger partial charge is 0.229 e. The molecule has 0 fully saturated rings. The molecule has 0 aliphatic heterocycles. The Labute approximate surface area is 125 Å². The standard InChI is InChI=1S/C17H22N2O2/c1-2-5-15(20)11-16-18-17(19-21-16)14-9-8-12-6-3-4-7-13(12)10-14/h3-4,6-7,14-15,20H,2,5,8-11H2,1H3. The Hall–Kier alpha value is -1.68. The number of aliphatic hydroxyl groups excluding tert-OH is 1. The molecule has 21 heavy (non-hydrogen) atoms. The highest BCUT2D eigenvalue weighted by Gasteiger charge is 2.24. The van der Waals surface area contributed by atoms with Gasteiger partial charge in [0.25, 0.3) is 0 Å². The third kappa shape index (κ3) is 3.32. The number of aliphatic hydroxyl groups is 1. The Morgan fingerprint density at radius 2 is 2.14 bits per heavy atom. The zero-order chi connectivity index (χ0) is 14.7. The lowest BCUT2D eigenvalue weighted by atomic mass is 9.83. The van der Waals surface area contributed by atoms with Crippen LogP contribution in [-0.2, 0) is 19.3 Å². The normalized spacial score (nSPS) is 19.2. The molecule has 0 saturated carbocycles. The van der Waals surface area contributed by atoms with E-state index in [1.54, 1.807) is 0 Å². The molecule has 1 heterocycles. The van der Waals surface area contributed by atoms with Crippen LogP contribution in [0.2, 0.25) is 0 Å². The highest BCUT2D eigenvalue weighted by atomic mass is 16.5. The van der Waals surface area contributed by atoms with Crippen molar-refractivity contribution in [1.29, 1.82) is 0 Å². The van der Waals surface area contributed by atoms with Crippen molar-refractivity contribution in [2.24, 2.45) is 0 Å². The first-order chi connectivity index (χ1) is 10.3. The predicted octanol–water partition coefficient (Wildman–Crippen LogP) is 3.05. The van der Waals surface area contributed by atoms with Crippen molar-refractivity contribution in [3.8, 4) is 0 Å². The summed E-state index contributed by atoms with van der Waals surface area (Å²) in [5, 5.41) is 14.0. The minimum Gasteiger partial charge on any atom is -0.393 e. The molecule has 0 bridgehead atoms. The first-order valence-corrected chi connectivity index (χ1v) is 7.83. The number of hydrogen-bond acceptors (Lipinski definition) is 4. The minimum atomic E-state index is -0.379. The highest BCUT2D eigenvalue weighted by Crippen LogP contribution is 2.31. The molecular formula is C17H22N2O2. The van der Waals surface area contributed by atoms with Gasteiger partial charge in [-0.15, -0.1) is 0 Å². The first kappa shape index (κ1) is 14.3. The topological polar surface area (TPSA) is 59.2 Å². The molecular weight excluding hydrogens is 264 g/mol. The van der Waals surface area contributed by atoms with Crippen molar-refractivity contribution >= 4 is 0 Å². The van der Waals surface area contributed by atoms with E-state index in [1.165, 1.54) is 11.1 Å². The Morgan fingerprint density at radius 1 is 1.33 bits per heavy atom. The first-order valence-electron chi connectivity index (χ1n) is 7.83. The maximum absolute atomic E-state index is 9.82. The molecule has 1 aromatic carbocycles. The molecule has 2 atom stereocenters. The van der Waals surface area contributed by atoms with E-state index in [0.29, 0.717) is 18.2 Å². The maximum atomic E-state index is 9.82. The van der Waals surface area contributed by atoms with E-state index in [2.05, 4.69) is 41.3 Å². The van der Waals surface area contributed by atoms with Gasteiger partial charge in [0, 0.05) is 5.92 Å². The molecule has 1 aromatic heterocycles. The van der Waals surface area contributed by atoms with Gasteiger partial charge in [-0.05, 0) is 36.8 Å². The van der Waals surface area contributed by atoms with Gasteiger partial charge in [0.05, 0.1) is 12.5 Å². The summed E-state index contributed by atoms with van der Waals surface area (Å²) < 4.78 is 5.30. The van der Waals surface area contributed by atoms with Crippen LogP contribution < -0.4 is 0 Å². The van der Waals surface area contributed by atoms with Gasteiger partial charge >= 0.3 is 0 Å². The van der Waals surface area contributed by atoms with Crippen LogP contribution in [0.1, 0.15) is 54.9 Å². The fourth-order valence-corrected chi connectivity index (χ4v) is 3.07. The Bertz CT molecular complexity index is 594. The summed E-state index contributed by atoms with van der Waals surface area (Å²) >= 11 is 0. The average molecular weight is 286 g/mol. The van der Waals surface area contributed by atoms with Crippen LogP contribution in [0.15, 0.2) is 28.8 Å². The van der Waals surface area contributed by atoms with Crippen LogP contribution in [-0.4, -0.2) is 21.4 Å². The molecule has 1 aliphatic carbocycles. The van der Waals surface area contributed by atoms with Crippen molar-refractivity contribution in [2.75, 3.05) is 0 Å². The third-order valence-electron chi connectivity index (χ3n) is 4.23. The quantitative estimate of drug-likeness (QED) is 0.917. The summed E-state index contributed by atoms with van der Waals surface area (Å²) in [6.07, 6.45) is 4.93. The molecule has 0 saturated heterocycles. The van der Waals surface area contributed by atoms with Crippen molar-refractivity contribution in [1.82, 2.24) is 10.1 Å². The molecule has 112 valence electrons. The summed E-state index contributed by atoms with van der Waals surface area (Å²) in [7, 11) is 0. The maximum Gasteiger partial charge on any atom is 0.229 e. The number of benzene rings is 1. The van der Waals surface area contributed by atoms with Gasteiger partial charge in [-0.3, -0.25) is 0 Å². The second-order valence-electron chi connectivity index (χ2n) is 5.90. The number of aryl methyl sites for hydroxylation is 1. The van der Waals surface area contributed by atoms with Crippen LogP contribution in [0, 0.1) is 0 Å². The van der Waals surface area contributed by atoms with Crippen molar-refractivity contribution in [3.63, 3.8) is 0 Å². The van der Waals surface area contributed by atoms with E-state index in [0.717, 1.165) is 37.9 Å². The monoisotopic (exact) mass is 286 g/mol. The van der Waals surface area contributed by atoms with Gasteiger partial charge in [0.1, 0.15) is 0 Å². The number of aromatic nitrogens is 2. The molecule has 1 aliphatic rings. The molecule has 1 N–H and O–H groups in total. The van der Waals surface area contributed by atoms with Gasteiger partial charge in [-0.1, -0.05) is 42.8 Å². The molecule has 0 spiro atoms. The summed E-state index contributed by atoms with van der Waals surface area (Å²) in [6, 6.07) is 8.58. The van der Waals surface area contributed by atoms with Crippen LogP contribution in [0.25, 0.3) is 0 Å². The molecule has 0 radical (unpaired) electrons. The van der Waals surface area contributed by atoms with Crippen LogP contribution >= 0.6 is 0 Å². The summed E-state index contributed by atoms with van der Waals surface area (Å²) in [6.45, 7) is 2.06. The zero-order valence-corrected chi connectivity index (χ0v) is 12.5. The molecule has 2 aromatic rings. The fraction of sp³-hybridized carbons (Fsp3) is 0.529. The zero-order valence-electron chi connectivity index (χ0n) is 12.5. The molecule has 2 unspecified atom stereocenters. The Kier molecular flexibility index (Phi) is 4.34. The number of fused-ring (bicyclic) bond motifs is 1. The highest BCUT2D eigenvalue weighted by molar-refractivity contribution is 5.31. The van der Waals surface area contributed by atoms with Gasteiger partial charge < -0.3 is 9.63 Å². The van der Waals surface area contributed by atoms with Crippen molar-refractivity contribution in [2.45, 2.75) is 57.5 Å². The number of rotatable bonds is 5. The average Bonchev–Trinajstić information content (AvgIpc) is 2.95. The number of nitrogens with zero attached hydrogens (tertiary/aromatic N) is 2. The van der Waals surface area contributed by atoms with Crippen molar-refractivity contribution in [3.05, 3.63) is 47.1 Å². The molecule has 0 amide bonds. The Balaban J connectivity index is 1.67. The van der Waals surface area contributed by atoms with E-state index in [4.69, 9.17) is 4.52 Å². The third-order valence-corrected chi connectivity index (χ3v) is 4.23. The lowest BCUT2D eigenvalue weighted by molar-refractivity contribution is 0.151. The minimum absolute atomic E-state index is 0.334. The second-order valence-corrected chi connectivity index (χ2v) is 5.90. The van der Waals surface area contributed by atoms with E-state index in [9.17, 15) is 5.11 Å². The number of hydrogen-bond donors (Lipinski definition) is 1. The molecule has 4 nitrogen and oxygen atoms in total. The van der Waals surface area contributed by atoms with Gasteiger partial charge in [-0.25, -0.2) is 0 Å². The van der Waals surface area contributed by atoms with Crippen LogP contribution in [0.5, 0.6) is 0 Å². The van der Waals surface area contributed by atoms with Crippen LogP contribution in [0.4, 0.5) is 0 Å². The van der Waals surface area contributed by atoms with E-state index in [-0.39, 0.29) is 6.10 Å². The largest absolute Gasteiger partial charge is 0.393 e. The lowest BCUT2D eigenvalue weighted by Crippen LogP contribution is -2.14. The van der Waals surface area contributed by atoms with Crippen LogP contribution in [0.3, 0.4) is 0 Å². The van der Waals surface area contributed by atoms with Gasteiger partial charge in [0.2, 0.25) is 5.89 Å². The molecule has 4 heteroatoms. The van der Waals surface area contributed by atoms with E-state index in [1.807, 2.05) is 0 Å².